The lowest BCUT2D eigenvalue weighted by molar-refractivity contribution is 0.144. The summed E-state index contributed by atoms with van der Waals surface area (Å²) < 4.78 is 30.6. The smallest absolute Gasteiger partial charge is 0.396 e. The lowest BCUT2D eigenvalue weighted by Gasteiger charge is -2.46. The van der Waals surface area contributed by atoms with Gasteiger partial charge in [-0.15, -0.1) is 0 Å². The molecule has 9 heteroatoms. The molecule has 0 aliphatic rings. The van der Waals surface area contributed by atoms with Crippen LogP contribution < -0.4 is 0 Å². The van der Waals surface area contributed by atoms with Crippen LogP contribution in [0.1, 0.15) is 233 Å². The summed E-state index contributed by atoms with van der Waals surface area (Å²) >= 11 is 0. The molecule has 0 spiro atoms. The van der Waals surface area contributed by atoms with E-state index < -0.39 is 42.3 Å². The van der Waals surface area contributed by atoms with Crippen LogP contribution in [-0.2, 0) is 16.5 Å². The molecule has 0 heterocycles. The van der Waals surface area contributed by atoms with Gasteiger partial charge in [-0.05, 0) is 76.6 Å². The fraction of sp³-hybridized carbons (Fsp3) is 1.00. The molecule has 0 saturated carbocycles. The van der Waals surface area contributed by atoms with Crippen molar-refractivity contribution in [2.75, 3.05) is 0 Å². The highest BCUT2D eigenvalue weighted by atomic mass is 28.5. The molecule has 0 N–H and O–H groups in total. The van der Waals surface area contributed by atoms with Crippen molar-refractivity contribution in [3.8, 4) is 0 Å². The van der Waals surface area contributed by atoms with Crippen molar-refractivity contribution in [2.45, 2.75) is 310 Å². The molecule has 0 amide bonds. The van der Waals surface area contributed by atoms with E-state index in [1.165, 1.54) is 230 Å². The Morgan fingerprint density at radius 1 is 0.211 bits per heavy atom. The SMILES string of the molecule is CCCCCCCCCC[Si](C)(C)O[Si](O[Si](C)(C)CCCCCCCCCC)(O[Si](C)(C)CCCCCCCCCC)O[Si](C)(C)CCCCCCCCCC. The molecule has 0 atom stereocenters. The Bertz CT molecular complexity index is 743. The van der Waals surface area contributed by atoms with Gasteiger partial charge in [0.25, 0.3) is 0 Å². The molecule has 0 aromatic carbocycles. The van der Waals surface area contributed by atoms with Gasteiger partial charge in [-0.3, -0.25) is 0 Å². The first-order chi connectivity index (χ1) is 27.1. The van der Waals surface area contributed by atoms with Crippen LogP contribution in [0.15, 0.2) is 0 Å². The van der Waals surface area contributed by atoms with Crippen LogP contribution in [0.3, 0.4) is 0 Å². The van der Waals surface area contributed by atoms with Crippen molar-refractivity contribution in [1.29, 1.82) is 0 Å². The molecule has 0 aliphatic carbocycles. The molecule has 57 heavy (non-hydrogen) atoms. The molecule has 0 aliphatic heterocycles. The predicted molar refractivity (Wildman–Crippen MR) is 270 cm³/mol. The fourth-order valence-corrected chi connectivity index (χ4v) is 28.5. The Morgan fingerprint density at radius 3 is 0.509 bits per heavy atom. The Morgan fingerprint density at radius 2 is 0.351 bits per heavy atom. The van der Waals surface area contributed by atoms with Gasteiger partial charge in [-0.2, -0.15) is 0 Å². The molecule has 0 bridgehead atoms. The zero-order valence-corrected chi connectivity index (χ0v) is 46.6. The van der Waals surface area contributed by atoms with E-state index in [4.69, 9.17) is 16.5 Å². The van der Waals surface area contributed by atoms with Gasteiger partial charge in [0.2, 0.25) is 0 Å². The minimum atomic E-state index is -3.45. The first-order valence-electron chi connectivity index (χ1n) is 25.9. The van der Waals surface area contributed by atoms with Gasteiger partial charge in [0.05, 0.1) is 0 Å². The third-order valence-electron chi connectivity index (χ3n) is 12.1. The van der Waals surface area contributed by atoms with Crippen LogP contribution in [0.5, 0.6) is 0 Å². The van der Waals surface area contributed by atoms with E-state index in [2.05, 4.69) is 80.1 Å². The second-order valence-electron chi connectivity index (χ2n) is 20.8. The monoisotopic (exact) mass is 889 g/mol. The van der Waals surface area contributed by atoms with Crippen molar-refractivity contribution in [1.82, 2.24) is 0 Å². The molecule has 0 rings (SSSR count). The summed E-state index contributed by atoms with van der Waals surface area (Å²) in [6.07, 6.45) is 43.3. The van der Waals surface area contributed by atoms with Gasteiger partial charge in [0.15, 0.2) is 33.3 Å². The summed E-state index contributed by atoms with van der Waals surface area (Å²) in [5.41, 5.74) is 0. The molecular formula is C48H108O4Si5. The van der Waals surface area contributed by atoms with E-state index in [0.29, 0.717) is 0 Å². The second kappa shape index (κ2) is 35.4. The van der Waals surface area contributed by atoms with Crippen LogP contribution in [-0.4, -0.2) is 42.3 Å². The van der Waals surface area contributed by atoms with Gasteiger partial charge in [-0.1, -0.05) is 233 Å². The van der Waals surface area contributed by atoms with Gasteiger partial charge in [-0.25, -0.2) is 0 Å². The number of hydrogen-bond acceptors (Lipinski definition) is 4. The normalized spacial score (nSPS) is 13.3. The van der Waals surface area contributed by atoms with Crippen molar-refractivity contribution in [2.24, 2.45) is 0 Å². The average molecular weight is 890 g/mol. The van der Waals surface area contributed by atoms with Gasteiger partial charge in [0, 0.05) is 0 Å². The molecule has 0 aromatic rings. The Labute approximate surface area is 366 Å². The first kappa shape index (κ1) is 57.9. The van der Waals surface area contributed by atoms with Crippen LogP contribution in [0.25, 0.3) is 0 Å². The molecule has 0 radical (unpaired) electrons. The van der Waals surface area contributed by atoms with E-state index in [1.807, 2.05) is 0 Å². The maximum absolute atomic E-state index is 7.66. The zero-order chi connectivity index (χ0) is 42.8. The van der Waals surface area contributed by atoms with Gasteiger partial charge in [0.1, 0.15) is 0 Å². The third kappa shape index (κ3) is 36.1. The van der Waals surface area contributed by atoms with Crippen LogP contribution in [0, 0.1) is 0 Å². The largest absolute Gasteiger partial charge is 0.636 e. The van der Waals surface area contributed by atoms with Crippen LogP contribution >= 0.6 is 0 Å². The van der Waals surface area contributed by atoms with E-state index in [0.717, 1.165) is 0 Å². The van der Waals surface area contributed by atoms with Crippen molar-refractivity contribution in [3.63, 3.8) is 0 Å². The van der Waals surface area contributed by atoms with Gasteiger partial charge >= 0.3 is 9.05 Å². The molecule has 0 unspecified atom stereocenters. The third-order valence-corrected chi connectivity index (χ3v) is 31.2. The average Bonchev–Trinajstić information content (AvgIpc) is 3.11. The number of hydrogen-bond donors (Lipinski definition) is 0. The summed E-state index contributed by atoms with van der Waals surface area (Å²) in [6.45, 7) is 28.9. The molecule has 0 saturated heterocycles. The maximum atomic E-state index is 7.66. The molecule has 4 nitrogen and oxygen atoms in total. The Hall–Kier alpha value is 0.924. The quantitative estimate of drug-likeness (QED) is 0.0451. The lowest BCUT2D eigenvalue weighted by Crippen LogP contribution is -2.66. The van der Waals surface area contributed by atoms with E-state index in [1.54, 1.807) is 0 Å². The highest BCUT2D eigenvalue weighted by molar-refractivity contribution is 6.92. The summed E-state index contributed by atoms with van der Waals surface area (Å²) in [6, 6.07) is 4.69. The standard InChI is InChI=1S/C48H108O4Si5/c1-13-17-21-25-29-33-37-41-45-53(5,6)49-57(50-54(7,8)46-42-38-34-30-26-22-18-14-2,51-55(9,10)47-43-39-35-31-27-23-19-15-3)52-56(11,12)48-44-40-36-32-28-24-20-16-4/h13-48H2,1-12H3. The number of unbranched alkanes of at least 4 members (excludes halogenated alkanes) is 28. The van der Waals surface area contributed by atoms with E-state index in [-0.39, 0.29) is 0 Å². The summed E-state index contributed by atoms with van der Waals surface area (Å²) in [4.78, 5) is 0. The summed E-state index contributed by atoms with van der Waals surface area (Å²) in [5, 5.41) is 0. The topological polar surface area (TPSA) is 36.9 Å². The molecular weight excluding hydrogens is 781 g/mol. The van der Waals surface area contributed by atoms with Crippen molar-refractivity contribution < 1.29 is 16.5 Å². The summed E-state index contributed by atoms with van der Waals surface area (Å²) in [5.74, 6) is 0. The van der Waals surface area contributed by atoms with E-state index >= 15 is 0 Å². The zero-order valence-electron chi connectivity index (χ0n) is 41.6. The van der Waals surface area contributed by atoms with E-state index in [9.17, 15) is 0 Å². The second-order valence-corrected chi connectivity index (χ2v) is 41.2. The Kier molecular flexibility index (Phi) is 36.0. The van der Waals surface area contributed by atoms with Crippen molar-refractivity contribution in [3.05, 3.63) is 0 Å². The summed E-state index contributed by atoms with van der Waals surface area (Å²) in [7, 11) is -12.0. The van der Waals surface area contributed by atoms with Crippen LogP contribution in [0.2, 0.25) is 76.6 Å². The minimum Gasteiger partial charge on any atom is -0.396 e. The molecule has 344 valence electrons. The highest BCUT2D eigenvalue weighted by Crippen LogP contribution is 2.36. The Balaban J connectivity index is 6.15. The predicted octanol–water partition coefficient (Wildman–Crippen LogP) is 18.9. The van der Waals surface area contributed by atoms with Crippen molar-refractivity contribution >= 4 is 42.3 Å². The maximum Gasteiger partial charge on any atom is 0.636 e. The van der Waals surface area contributed by atoms with Crippen LogP contribution in [0.4, 0.5) is 0 Å². The fourth-order valence-electron chi connectivity index (χ4n) is 8.42. The first-order valence-corrected chi connectivity index (χ1v) is 40.0. The molecule has 0 fully saturated rings. The lowest BCUT2D eigenvalue weighted by atomic mass is 10.1. The van der Waals surface area contributed by atoms with Gasteiger partial charge < -0.3 is 16.5 Å². The number of rotatable bonds is 44. The highest BCUT2D eigenvalue weighted by Gasteiger charge is 2.58. The molecule has 0 aromatic heterocycles. The minimum absolute atomic E-state index is 1.17.